The molecule has 0 bridgehead atoms. The first-order valence-corrected chi connectivity index (χ1v) is 5.35. The third-order valence-electron chi connectivity index (χ3n) is 2.62. The van der Waals surface area contributed by atoms with Gasteiger partial charge in [-0.05, 0) is 19.1 Å². The second-order valence-electron chi connectivity index (χ2n) is 3.99. The van der Waals surface area contributed by atoms with Gasteiger partial charge in [-0.3, -0.25) is 4.79 Å². The van der Waals surface area contributed by atoms with E-state index >= 15 is 0 Å². The summed E-state index contributed by atoms with van der Waals surface area (Å²) in [6.07, 6.45) is 0. The molecule has 0 radical (unpaired) electrons. The molecular formula is C12H18ClFN2O2. The molecule has 0 heterocycles. The number of methoxy groups -OCH3 is 1. The van der Waals surface area contributed by atoms with Crippen molar-refractivity contribution >= 4 is 24.0 Å². The van der Waals surface area contributed by atoms with Crippen LogP contribution in [0.1, 0.15) is 13.8 Å². The molecule has 0 aromatic heterocycles. The van der Waals surface area contributed by atoms with Crippen molar-refractivity contribution in [3.05, 3.63) is 24.0 Å². The van der Waals surface area contributed by atoms with E-state index in [0.717, 1.165) is 0 Å². The number of ether oxygens (including phenoxy) is 1. The summed E-state index contributed by atoms with van der Waals surface area (Å²) in [5, 5.41) is 2.66. The molecule has 2 atom stereocenters. The number of benzene rings is 1. The molecule has 3 N–H and O–H groups in total. The van der Waals surface area contributed by atoms with Crippen molar-refractivity contribution < 1.29 is 13.9 Å². The van der Waals surface area contributed by atoms with Gasteiger partial charge in [0.1, 0.15) is 0 Å². The van der Waals surface area contributed by atoms with Crippen molar-refractivity contribution in [3.8, 4) is 5.75 Å². The van der Waals surface area contributed by atoms with Gasteiger partial charge in [-0.15, -0.1) is 12.4 Å². The van der Waals surface area contributed by atoms with Gasteiger partial charge in [0.05, 0.1) is 13.0 Å². The maximum absolute atomic E-state index is 13.1. The van der Waals surface area contributed by atoms with E-state index in [-0.39, 0.29) is 36.0 Å². The smallest absolute Gasteiger partial charge is 0.228 e. The minimum atomic E-state index is -0.467. The zero-order valence-corrected chi connectivity index (χ0v) is 11.4. The van der Waals surface area contributed by atoms with E-state index in [1.165, 1.54) is 25.3 Å². The minimum Gasteiger partial charge on any atom is -0.494 e. The van der Waals surface area contributed by atoms with Crippen LogP contribution in [0.15, 0.2) is 18.2 Å². The lowest BCUT2D eigenvalue weighted by Crippen LogP contribution is -2.34. The van der Waals surface area contributed by atoms with Crippen LogP contribution >= 0.6 is 12.4 Å². The Balaban J connectivity index is 0.00000289. The van der Waals surface area contributed by atoms with Crippen molar-refractivity contribution in [3.63, 3.8) is 0 Å². The number of amides is 1. The quantitative estimate of drug-likeness (QED) is 0.886. The molecule has 102 valence electrons. The second kappa shape index (κ2) is 7.18. The van der Waals surface area contributed by atoms with Crippen molar-refractivity contribution in [2.75, 3.05) is 12.4 Å². The molecule has 1 aromatic rings. The van der Waals surface area contributed by atoms with Crippen molar-refractivity contribution in [1.29, 1.82) is 0 Å². The van der Waals surface area contributed by atoms with Crippen LogP contribution in [0.5, 0.6) is 5.75 Å². The summed E-state index contributed by atoms with van der Waals surface area (Å²) in [7, 11) is 1.37. The number of carbonyl (C=O) groups is 1. The van der Waals surface area contributed by atoms with E-state index in [4.69, 9.17) is 10.5 Å². The molecule has 1 aromatic carbocycles. The summed E-state index contributed by atoms with van der Waals surface area (Å²) in [6.45, 7) is 3.50. The van der Waals surface area contributed by atoms with Crippen LogP contribution in [-0.2, 0) is 4.79 Å². The first kappa shape index (κ1) is 16.7. The van der Waals surface area contributed by atoms with Gasteiger partial charge in [0, 0.05) is 17.8 Å². The number of rotatable bonds is 4. The molecule has 1 amide bonds. The zero-order chi connectivity index (χ0) is 13.0. The number of nitrogens with one attached hydrogen (secondary N) is 1. The van der Waals surface area contributed by atoms with Crippen molar-refractivity contribution in [1.82, 2.24) is 0 Å². The Kier molecular flexibility index (Phi) is 6.65. The Labute approximate surface area is 112 Å². The topological polar surface area (TPSA) is 64.3 Å². The summed E-state index contributed by atoms with van der Waals surface area (Å²) in [4.78, 5) is 11.7. The van der Waals surface area contributed by atoms with Crippen molar-refractivity contribution in [2.24, 2.45) is 11.7 Å². The molecule has 18 heavy (non-hydrogen) atoms. The normalized spacial score (nSPS) is 13.2. The highest BCUT2D eigenvalue weighted by molar-refractivity contribution is 5.92. The standard InChI is InChI=1S/C12H17FN2O2.ClH/c1-7(8(2)14)12(16)15-9-4-5-10(13)11(6-9)17-3;/h4-8H,14H2,1-3H3,(H,15,16);1H. The number of carbonyl (C=O) groups excluding carboxylic acids is 1. The van der Waals surface area contributed by atoms with E-state index in [9.17, 15) is 9.18 Å². The predicted molar refractivity (Wildman–Crippen MR) is 71.6 cm³/mol. The maximum Gasteiger partial charge on any atom is 0.228 e. The Morgan fingerprint density at radius 3 is 2.56 bits per heavy atom. The zero-order valence-electron chi connectivity index (χ0n) is 10.6. The highest BCUT2D eigenvalue weighted by Crippen LogP contribution is 2.21. The number of halogens is 2. The fraction of sp³-hybridized carbons (Fsp3) is 0.417. The lowest BCUT2D eigenvalue weighted by atomic mass is 10.0. The maximum atomic E-state index is 13.1. The van der Waals surface area contributed by atoms with Crippen LogP contribution in [0.25, 0.3) is 0 Å². The second-order valence-corrected chi connectivity index (χ2v) is 3.99. The highest BCUT2D eigenvalue weighted by atomic mass is 35.5. The summed E-state index contributed by atoms with van der Waals surface area (Å²) < 4.78 is 18.0. The Morgan fingerprint density at radius 1 is 1.44 bits per heavy atom. The van der Waals surface area contributed by atoms with Crippen LogP contribution in [-0.4, -0.2) is 19.1 Å². The van der Waals surface area contributed by atoms with Gasteiger partial charge in [0.2, 0.25) is 5.91 Å². The Morgan fingerprint density at radius 2 is 2.06 bits per heavy atom. The van der Waals surface area contributed by atoms with Gasteiger partial charge in [-0.25, -0.2) is 4.39 Å². The first-order valence-electron chi connectivity index (χ1n) is 5.35. The largest absolute Gasteiger partial charge is 0.494 e. The SMILES string of the molecule is COc1cc(NC(=O)C(C)C(C)N)ccc1F.Cl. The highest BCUT2D eigenvalue weighted by Gasteiger charge is 2.17. The average Bonchev–Trinajstić information content (AvgIpc) is 2.30. The summed E-state index contributed by atoms with van der Waals surface area (Å²) in [5.41, 5.74) is 6.11. The number of hydrogen-bond donors (Lipinski definition) is 2. The van der Waals surface area contributed by atoms with Gasteiger partial charge in [0.25, 0.3) is 0 Å². The third kappa shape index (κ3) is 4.16. The van der Waals surface area contributed by atoms with Gasteiger partial charge >= 0.3 is 0 Å². The molecule has 1 rings (SSSR count). The molecule has 0 spiro atoms. The summed E-state index contributed by atoms with van der Waals surface area (Å²) in [5.74, 6) is -0.887. The Hall–Kier alpha value is -1.33. The molecule has 0 saturated carbocycles. The Bertz CT molecular complexity index is 413. The van der Waals surface area contributed by atoms with E-state index in [2.05, 4.69) is 5.32 Å². The fourth-order valence-electron chi connectivity index (χ4n) is 1.23. The van der Waals surface area contributed by atoms with E-state index in [1.54, 1.807) is 13.8 Å². The van der Waals surface area contributed by atoms with Crippen LogP contribution in [0.3, 0.4) is 0 Å². The first-order chi connectivity index (χ1) is 7.95. The van der Waals surface area contributed by atoms with Crippen LogP contribution < -0.4 is 15.8 Å². The molecule has 0 saturated heterocycles. The molecule has 2 unspecified atom stereocenters. The van der Waals surface area contributed by atoms with E-state index in [0.29, 0.717) is 5.69 Å². The molecule has 0 aliphatic rings. The molecular weight excluding hydrogens is 259 g/mol. The average molecular weight is 277 g/mol. The van der Waals surface area contributed by atoms with Gasteiger partial charge in [-0.1, -0.05) is 6.92 Å². The van der Waals surface area contributed by atoms with Crippen LogP contribution in [0, 0.1) is 11.7 Å². The lowest BCUT2D eigenvalue weighted by Gasteiger charge is -2.15. The monoisotopic (exact) mass is 276 g/mol. The number of nitrogens with two attached hydrogens (primary N) is 1. The molecule has 0 fully saturated rings. The minimum absolute atomic E-state index is 0. The van der Waals surface area contributed by atoms with Gasteiger partial charge in [-0.2, -0.15) is 0 Å². The molecule has 0 aliphatic heterocycles. The van der Waals surface area contributed by atoms with Gasteiger partial charge in [0.15, 0.2) is 11.6 Å². The molecule has 6 heteroatoms. The van der Waals surface area contributed by atoms with Crippen LogP contribution in [0.4, 0.5) is 10.1 Å². The van der Waals surface area contributed by atoms with E-state index < -0.39 is 5.82 Å². The summed E-state index contributed by atoms with van der Waals surface area (Å²) in [6, 6.07) is 3.91. The molecule has 4 nitrogen and oxygen atoms in total. The third-order valence-corrected chi connectivity index (χ3v) is 2.62. The number of hydrogen-bond acceptors (Lipinski definition) is 3. The lowest BCUT2D eigenvalue weighted by molar-refractivity contribution is -0.119. The fourth-order valence-corrected chi connectivity index (χ4v) is 1.23. The van der Waals surface area contributed by atoms with Crippen molar-refractivity contribution in [2.45, 2.75) is 19.9 Å². The number of anilines is 1. The summed E-state index contributed by atoms with van der Waals surface area (Å²) >= 11 is 0. The molecule has 0 aliphatic carbocycles. The van der Waals surface area contributed by atoms with Gasteiger partial charge < -0.3 is 15.8 Å². The van der Waals surface area contributed by atoms with E-state index in [1.807, 2.05) is 0 Å². The predicted octanol–water partition coefficient (Wildman–Crippen LogP) is 2.18. The van der Waals surface area contributed by atoms with Crippen LogP contribution in [0.2, 0.25) is 0 Å².